The predicted octanol–water partition coefficient (Wildman–Crippen LogP) is 4.55. The average Bonchev–Trinajstić information content (AvgIpc) is 2.57. The van der Waals surface area contributed by atoms with E-state index in [0.29, 0.717) is 12.1 Å². The minimum Gasteiger partial charge on any atom is -0.353 e. The molecule has 27 heavy (non-hydrogen) atoms. The number of carbonyl (C=O) groups is 1. The SMILES string of the molecule is Cc1cccc(NC(=S)N2[C@@H]3CCC[C@H]2CC(NC(=O)C(C)(C)C)C3)c1C. The fourth-order valence-electron chi connectivity index (χ4n) is 4.30. The Kier molecular flexibility index (Phi) is 5.80. The van der Waals surface area contributed by atoms with Gasteiger partial charge < -0.3 is 15.5 Å². The summed E-state index contributed by atoms with van der Waals surface area (Å²) in [6.07, 6.45) is 5.50. The number of hydrogen-bond acceptors (Lipinski definition) is 2. The van der Waals surface area contributed by atoms with Crippen LogP contribution in [0.25, 0.3) is 0 Å². The van der Waals surface area contributed by atoms with Gasteiger partial charge in [0.25, 0.3) is 0 Å². The Balaban J connectivity index is 1.70. The lowest BCUT2D eigenvalue weighted by atomic mass is 9.81. The van der Waals surface area contributed by atoms with Crippen molar-refractivity contribution >= 4 is 28.9 Å². The average molecular weight is 388 g/mol. The van der Waals surface area contributed by atoms with Crippen molar-refractivity contribution in [2.75, 3.05) is 5.32 Å². The van der Waals surface area contributed by atoms with Gasteiger partial charge >= 0.3 is 0 Å². The smallest absolute Gasteiger partial charge is 0.225 e. The van der Waals surface area contributed by atoms with Gasteiger partial charge in [-0.15, -0.1) is 0 Å². The maximum atomic E-state index is 12.4. The first-order valence-corrected chi connectivity index (χ1v) is 10.5. The summed E-state index contributed by atoms with van der Waals surface area (Å²) < 4.78 is 0. The molecular weight excluding hydrogens is 354 g/mol. The number of aryl methyl sites for hydroxylation is 1. The number of benzene rings is 1. The fraction of sp³-hybridized carbons (Fsp3) is 0.636. The van der Waals surface area contributed by atoms with Gasteiger partial charge in [-0.2, -0.15) is 0 Å². The Morgan fingerprint density at radius 2 is 1.78 bits per heavy atom. The molecule has 3 rings (SSSR count). The number of nitrogens with zero attached hydrogens (tertiary/aromatic N) is 1. The molecule has 5 heteroatoms. The van der Waals surface area contributed by atoms with Crippen molar-refractivity contribution in [2.45, 2.75) is 84.8 Å². The van der Waals surface area contributed by atoms with E-state index in [2.05, 4.69) is 47.6 Å². The van der Waals surface area contributed by atoms with Crippen LogP contribution >= 0.6 is 12.2 Å². The maximum absolute atomic E-state index is 12.4. The number of fused-ring (bicyclic) bond motifs is 2. The molecule has 2 N–H and O–H groups in total. The molecule has 1 amide bonds. The van der Waals surface area contributed by atoms with Gasteiger partial charge in [-0.3, -0.25) is 4.79 Å². The van der Waals surface area contributed by atoms with E-state index in [1.165, 1.54) is 17.5 Å². The van der Waals surface area contributed by atoms with Gasteiger partial charge in [-0.1, -0.05) is 32.9 Å². The monoisotopic (exact) mass is 387 g/mol. The summed E-state index contributed by atoms with van der Waals surface area (Å²) in [5, 5.41) is 7.62. The van der Waals surface area contributed by atoms with Crippen LogP contribution in [0, 0.1) is 19.3 Å². The number of anilines is 1. The second kappa shape index (κ2) is 7.78. The zero-order valence-corrected chi connectivity index (χ0v) is 18.1. The summed E-state index contributed by atoms with van der Waals surface area (Å²) in [6, 6.07) is 7.37. The van der Waals surface area contributed by atoms with Crippen LogP contribution in [-0.4, -0.2) is 34.0 Å². The highest BCUT2D eigenvalue weighted by Crippen LogP contribution is 2.35. The first-order valence-electron chi connectivity index (χ1n) is 10.1. The van der Waals surface area contributed by atoms with Crippen LogP contribution in [0.2, 0.25) is 0 Å². The highest BCUT2D eigenvalue weighted by atomic mass is 32.1. The van der Waals surface area contributed by atoms with Gasteiger partial charge in [0.05, 0.1) is 0 Å². The Morgan fingerprint density at radius 3 is 2.37 bits per heavy atom. The zero-order chi connectivity index (χ0) is 19.8. The van der Waals surface area contributed by atoms with Crippen molar-refractivity contribution < 1.29 is 4.79 Å². The third kappa shape index (κ3) is 4.45. The molecule has 3 atom stereocenters. The molecule has 2 heterocycles. The molecule has 1 unspecified atom stereocenters. The van der Waals surface area contributed by atoms with Crippen molar-refractivity contribution in [1.29, 1.82) is 0 Å². The van der Waals surface area contributed by atoms with E-state index in [1.807, 2.05) is 20.8 Å². The lowest BCUT2D eigenvalue weighted by Gasteiger charge is -2.50. The van der Waals surface area contributed by atoms with Crippen LogP contribution in [0.5, 0.6) is 0 Å². The molecule has 148 valence electrons. The van der Waals surface area contributed by atoms with Crippen molar-refractivity contribution in [3.8, 4) is 0 Å². The summed E-state index contributed by atoms with van der Waals surface area (Å²) >= 11 is 5.83. The molecule has 0 radical (unpaired) electrons. The van der Waals surface area contributed by atoms with E-state index in [4.69, 9.17) is 12.2 Å². The molecule has 2 aliphatic rings. The Morgan fingerprint density at radius 1 is 1.15 bits per heavy atom. The van der Waals surface area contributed by atoms with Crippen molar-refractivity contribution in [2.24, 2.45) is 5.41 Å². The quantitative estimate of drug-likeness (QED) is 0.731. The first kappa shape index (κ1) is 20.1. The summed E-state index contributed by atoms with van der Waals surface area (Å²) in [6.45, 7) is 10.2. The molecule has 2 saturated heterocycles. The summed E-state index contributed by atoms with van der Waals surface area (Å²) in [7, 11) is 0. The lowest BCUT2D eigenvalue weighted by Crippen LogP contribution is -2.60. The molecule has 1 aromatic carbocycles. The zero-order valence-electron chi connectivity index (χ0n) is 17.3. The summed E-state index contributed by atoms with van der Waals surface area (Å²) in [4.78, 5) is 14.8. The van der Waals surface area contributed by atoms with Crippen LogP contribution in [0.4, 0.5) is 5.69 Å². The second-order valence-corrected chi connectivity index (χ2v) is 9.60. The molecule has 1 aromatic rings. The van der Waals surface area contributed by atoms with E-state index in [1.54, 1.807) is 0 Å². The van der Waals surface area contributed by atoms with Gasteiger partial charge in [0.1, 0.15) is 0 Å². The summed E-state index contributed by atoms with van der Waals surface area (Å²) in [5.41, 5.74) is 3.27. The largest absolute Gasteiger partial charge is 0.353 e. The van der Waals surface area contributed by atoms with Gasteiger partial charge in [0.2, 0.25) is 5.91 Å². The van der Waals surface area contributed by atoms with Crippen LogP contribution in [0.1, 0.15) is 64.0 Å². The minimum atomic E-state index is -0.341. The van der Waals surface area contributed by atoms with Gasteiger partial charge in [0, 0.05) is 29.2 Å². The number of thiocarbonyl (C=S) groups is 1. The van der Waals surface area contributed by atoms with Gasteiger partial charge in [-0.25, -0.2) is 0 Å². The predicted molar refractivity (Wildman–Crippen MR) is 116 cm³/mol. The minimum absolute atomic E-state index is 0.148. The molecule has 0 spiro atoms. The van der Waals surface area contributed by atoms with Crippen molar-refractivity contribution in [3.05, 3.63) is 29.3 Å². The van der Waals surface area contributed by atoms with E-state index in [-0.39, 0.29) is 17.4 Å². The Bertz CT molecular complexity index is 711. The Hall–Kier alpha value is -1.62. The van der Waals surface area contributed by atoms with E-state index >= 15 is 0 Å². The lowest BCUT2D eigenvalue weighted by molar-refractivity contribution is -0.129. The van der Waals surface area contributed by atoms with Crippen molar-refractivity contribution in [1.82, 2.24) is 10.2 Å². The van der Waals surface area contributed by atoms with Gasteiger partial charge in [-0.05, 0) is 75.4 Å². The third-order valence-corrected chi connectivity index (χ3v) is 6.38. The van der Waals surface area contributed by atoms with E-state index in [0.717, 1.165) is 36.5 Å². The molecule has 0 aromatic heterocycles. The molecule has 2 fully saturated rings. The standard InChI is InChI=1S/C22H33N3OS/c1-14-8-6-11-19(15(14)2)24-21(27)25-17-9-7-10-18(25)13-16(12-17)23-20(26)22(3,4)5/h6,8,11,16-18H,7,9-10,12-13H2,1-5H3,(H,23,26)(H,24,27)/t16?,17-,18+. The maximum Gasteiger partial charge on any atom is 0.225 e. The van der Waals surface area contributed by atoms with Crippen LogP contribution in [0.15, 0.2) is 18.2 Å². The number of rotatable bonds is 2. The van der Waals surface area contributed by atoms with E-state index < -0.39 is 0 Å². The number of nitrogens with one attached hydrogen (secondary N) is 2. The molecule has 0 aliphatic carbocycles. The molecule has 2 aliphatic heterocycles. The van der Waals surface area contributed by atoms with Crippen LogP contribution < -0.4 is 10.6 Å². The number of amides is 1. The van der Waals surface area contributed by atoms with Crippen LogP contribution in [0.3, 0.4) is 0 Å². The second-order valence-electron chi connectivity index (χ2n) is 9.22. The highest BCUT2D eigenvalue weighted by Gasteiger charge is 2.40. The molecule has 2 bridgehead atoms. The number of hydrogen-bond donors (Lipinski definition) is 2. The topological polar surface area (TPSA) is 44.4 Å². The third-order valence-electron chi connectivity index (χ3n) is 6.07. The number of carbonyl (C=O) groups excluding carboxylic acids is 1. The van der Waals surface area contributed by atoms with E-state index in [9.17, 15) is 4.79 Å². The van der Waals surface area contributed by atoms with Gasteiger partial charge in [0.15, 0.2) is 5.11 Å². The fourth-order valence-corrected chi connectivity index (χ4v) is 4.71. The normalized spacial score (nSPS) is 25.1. The Labute approximate surface area is 169 Å². The molecular formula is C22H33N3OS. The number of piperidine rings is 2. The summed E-state index contributed by atoms with van der Waals surface area (Å²) in [5.74, 6) is 0.148. The van der Waals surface area contributed by atoms with Crippen molar-refractivity contribution in [3.63, 3.8) is 0 Å². The molecule has 0 saturated carbocycles. The molecule has 4 nitrogen and oxygen atoms in total. The first-order chi connectivity index (χ1) is 12.7. The highest BCUT2D eigenvalue weighted by molar-refractivity contribution is 7.80. The van der Waals surface area contributed by atoms with Crippen LogP contribution in [-0.2, 0) is 4.79 Å².